The topological polar surface area (TPSA) is 59.2 Å². The number of hydrogen-bond donors (Lipinski definition) is 1. The molecule has 2 aromatic heterocycles. The van der Waals surface area contributed by atoms with Gasteiger partial charge in [-0.25, -0.2) is 4.98 Å². The molecule has 0 aliphatic carbocycles. The van der Waals surface area contributed by atoms with Crippen molar-refractivity contribution in [1.82, 2.24) is 9.97 Å². The first-order valence-corrected chi connectivity index (χ1v) is 14.3. The third-order valence-electron chi connectivity index (χ3n) is 7.68. The quantitative estimate of drug-likeness (QED) is 0.183. The van der Waals surface area contributed by atoms with Crippen LogP contribution in [0, 0.1) is 6.07 Å². The Morgan fingerprint density at radius 3 is 2.12 bits per heavy atom. The number of aromatic hydroxyl groups is 1. The Kier molecular flexibility index (Phi) is 8.20. The average molecular weight is 747 g/mol. The van der Waals surface area contributed by atoms with Crippen molar-refractivity contribution in [2.24, 2.45) is 0 Å². The summed E-state index contributed by atoms with van der Waals surface area (Å²) < 4.78 is 6.39. The molecule has 6 aromatic rings. The minimum absolute atomic E-state index is 0. The van der Waals surface area contributed by atoms with E-state index in [0.717, 1.165) is 44.6 Å². The fraction of sp³-hybridized carbons (Fsp3) is 0.211. The molecule has 43 heavy (non-hydrogen) atoms. The number of phenols is 1. The van der Waals surface area contributed by atoms with Crippen LogP contribution in [0.15, 0.2) is 102 Å². The largest absolute Gasteiger partial charge is 0.507 e. The number of oxazole rings is 1. The van der Waals surface area contributed by atoms with Crippen molar-refractivity contribution < 1.29 is 30.6 Å². The molecule has 4 aromatic carbocycles. The summed E-state index contributed by atoms with van der Waals surface area (Å²) in [6.07, 6.45) is 1.87. The average Bonchev–Trinajstić information content (AvgIpc) is 3.41. The number of hydrogen-bond acceptors (Lipinski definition) is 4. The van der Waals surface area contributed by atoms with E-state index in [2.05, 4.69) is 82.9 Å². The fourth-order valence-electron chi connectivity index (χ4n) is 5.12. The van der Waals surface area contributed by atoms with Crippen LogP contribution in [0.5, 0.6) is 5.75 Å². The van der Waals surface area contributed by atoms with Gasteiger partial charge in [0.15, 0.2) is 0 Å². The standard InChI is InChI=1S/C38H35N2O2.Pt/c1-37(2,3)28-17-18-39-32(22-28)27-14-10-13-26(19-27)30-21-29(38(4,5)6)23-34-35(30)40-36(42-34)31-20-25(15-16-33(31)41)24-11-8-7-9-12-24;/h7-18,20-23,41H,1-6H3;/q-1;. The maximum atomic E-state index is 10.9. The molecule has 220 valence electrons. The summed E-state index contributed by atoms with van der Waals surface area (Å²) in [6.45, 7) is 13.2. The summed E-state index contributed by atoms with van der Waals surface area (Å²) in [4.78, 5) is 9.64. The molecular weight excluding hydrogens is 712 g/mol. The predicted octanol–water partition coefficient (Wildman–Crippen LogP) is 9.99. The molecule has 0 fully saturated rings. The van der Waals surface area contributed by atoms with Gasteiger partial charge in [0.2, 0.25) is 5.89 Å². The van der Waals surface area contributed by atoms with Gasteiger partial charge in [-0.3, -0.25) is 4.98 Å². The van der Waals surface area contributed by atoms with E-state index in [1.54, 1.807) is 6.07 Å². The molecule has 5 heteroatoms. The van der Waals surface area contributed by atoms with Gasteiger partial charge in [-0.05, 0) is 57.3 Å². The van der Waals surface area contributed by atoms with Crippen LogP contribution < -0.4 is 0 Å². The first-order valence-electron chi connectivity index (χ1n) is 14.3. The summed E-state index contributed by atoms with van der Waals surface area (Å²) in [6, 6.07) is 33.8. The van der Waals surface area contributed by atoms with Gasteiger partial charge in [0.05, 0.1) is 11.1 Å². The van der Waals surface area contributed by atoms with Crippen molar-refractivity contribution in [3.63, 3.8) is 0 Å². The molecule has 0 saturated heterocycles. The molecule has 1 N–H and O–H groups in total. The Bertz CT molecular complexity index is 1910. The van der Waals surface area contributed by atoms with E-state index < -0.39 is 0 Å². The van der Waals surface area contributed by atoms with Gasteiger partial charge in [-0.1, -0.05) is 101 Å². The van der Waals surface area contributed by atoms with Crippen molar-refractivity contribution in [3.8, 4) is 50.7 Å². The van der Waals surface area contributed by atoms with Gasteiger partial charge in [0.25, 0.3) is 0 Å². The second-order valence-electron chi connectivity index (χ2n) is 12.9. The molecule has 0 spiro atoms. The Morgan fingerprint density at radius 2 is 1.40 bits per heavy atom. The van der Waals surface area contributed by atoms with E-state index in [1.165, 1.54) is 5.56 Å². The number of pyridine rings is 1. The number of rotatable bonds is 4. The molecule has 0 radical (unpaired) electrons. The van der Waals surface area contributed by atoms with Crippen LogP contribution in [-0.4, -0.2) is 15.1 Å². The fourth-order valence-corrected chi connectivity index (χ4v) is 5.12. The number of phenolic OH excluding ortho intramolecular Hbond substituents is 1. The second kappa shape index (κ2) is 11.6. The normalized spacial score (nSPS) is 11.9. The third-order valence-corrected chi connectivity index (χ3v) is 7.68. The molecule has 0 aliphatic heterocycles. The molecule has 0 unspecified atom stereocenters. The zero-order valence-electron chi connectivity index (χ0n) is 25.3. The van der Waals surface area contributed by atoms with Gasteiger partial charge >= 0.3 is 0 Å². The van der Waals surface area contributed by atoms with Crippen molar-refractivity contribution >= 4 is 11.1 Å². The van der Waals surface area contributed by atoms with Gasteiger partial charge < -0.3 is 9.52 Å². The zero-order valence-corrected chi connectivity index (χ0v) is 27.6. The number of aromatic nitrogens is 2. The molecule has 0 bridgehead atoms. The van der Waals surface area contributed by atoms with Gasteiger partial charge in [0.1, 0.15) is 11.3 Å². The number of nitrogens with zero attached hydrogens (tertiary/aromatic N) is 2. The summed E-state index contributed by atoms with van der Waals surface area (Å²) >= 11 is 0. The zero-order chi connectivity index (χ0) is 29.6. The molecule has 0 saturated carbocycles. The monoisotopic (exact) mass is 746 g/mol. The second-order valence-corrected chi connectivity index (χ2v) is 12.9. The SMILES string of the molecule is CC(C)(C)c1ccnc(-c2[c-]c(-c3cc(C(C)(C)C)cc4oc(-c5cc(-c6ccccc6)ccc5O)nc34)ccc2)c1.[Pt]. The van der Waals surface area contributed by atoms with Crippen molar-refractivity contribution in [2.45, 2.75) is 52.4 Å². The molecule has 0 atom stereocenters. The van der Waals surface area contributed by atoms with Crippen LogP contribution in [0.2, 0.25) is 0 Å². The molecular formula is C38H35N2O2Pt-. The van der Waals surface area contributed by atoms with E-state index in [1.807, 2.05) is 60.8 Å². The van der Waals surface area contributed by atoms with E-state index in [4.69, 9.17) is 9.40 Å². The molecule has 2 heterocycles. The Balaban J connectivity index is 0.00000368. The van der Waals surface area contributed by atoms with Crippen molar-refractivity contribution in [1.29, 1.82) is 0 Å². The van der Waals surface area contributed by atoms with E-state index >= 15 is 0 Å². The smallest absolute Gasteiger partial charge is 0.230 e. The van der Waals surface area contributed by atoms with E-state index in [0.29, 0.717) is 17.0 Å². The minimum atomic E-state index is -0.120. The molecule has 0 aliphatic rings. The maximum Gasteiger partial charge on any atom is 0.230 e. The van der Waals surface area contributed by atoms with Crippen LogP contribution >= 0.6 is 0 Å². The van der Waals surface area contributed by atoms with Crippen LogP contribution in [0.25, 0.3) is 56.1 Å². The van der Waals surface area contributed by atoms with Crippen LogP contribution in [-0.2, 0) is 31.9 Å². The minimum Gasteiger partial charge on any atom is -0.507 e. The molecule has 6 rings (SSSR count). The van der Waals surface area contributed by atoms with Crippen LogP contribution in [0.4, 0.5) is 0 Å². The Hall–Kier alpha value is -4.01. The van der Waals surface area contributed by atoms with Gasteiger partial charge in [0, 0.05) is 33.0 Å². The van der Waals surface area contributed by atoms with Crippen molar-refractivity contribution in [2.75, 3.05) is 0 Å². The van der Waals surface area contributed by atoms with Crippen LogP contribution in [0.3, 0.4) is 0 Å². The van der Waals surface area contributed by atoms with Crippen molar-refractivity contribution in [3.05, 3.63) is 114 Å². The summed E-state index contributed by atoms with van der Waals surface area (Å²) in [5, 5.41) is 10.9. The van der Waals surface area contributed by atoms with Gasteiger partial charge in [-0.15, -0.1) is 29.8 Å². The molecule has 0 amide bonds. The first-order chi connectivity index (χ1) is 20.0. The van der Waals surface area contributed by atoms with E-state index in [-0.39, 0.29) is 37.6 Å². The maximum absolute atomic E-state index is 10.9. The summed E-state index contributed by atoms with van der Waals surface area (Å²) in [5.74, 6) is 0.500. The number of benzene rings is 4. The Labute approximate surface area is 268 Å². The number of fused-ring (bicyclic) bond motifs is 1. The third kappa shape index (κ3) is 6.21. The summed E-state index contributed by atoms with van der Waals surface area (Å²) in [5.41, 5.74) is 9.88. The Morgan fingerprint density at radius 1 is 0.674 bits per heavy atom. The molecule has 4 nitrogen and oxygen atoms in total. The predicted molar refractivity (Wildman–Crippen MR) is 171 cm³/mol. The van der Waals surface area contributed by atoms with Gasteiger partial charge in [-0.2, -0.15) is 0 Å². The summed E-state index contributed by atoms with van der Waals surface area (Å²) in [7, 11) is 0. The van der Waals surface area contributed by atoms with Crippen LogP contribution in [0.1, 0.15) is 52.7 Å². The van der Waals surface area contributed by atoms with E-state index in [9.17, 15) is 5.11 Å². The first kappa shape index (κ1) is 30.4.